The van der Waals surface area contributed by atoms with Gasteiger partial charge in [0.15, 0.2) is 0 Å². The molecule has 0 radical (unpaired) electrons. The van der Waals surface area contributed by atoms with E-state index in [4.69, 9.17) is 10.1 Å². The van der Waals surface area contributed by atoms with Gasteiger partial charge in [0, 0.05) is 0 Å². The van der Waals surface area contributed by atoms with Gasteiger partial charge in [-0.15, -0.1) is 0 Å². The number of hydrogen-bond donors (Lipinski definition) is 2. The number of carboxylic acids is 1. The second kappa shape index (κ2) is 9.32. The third kappa shape index (κ3) is 4.01. The molecule has 5 nitrogen and oxygen atoms in total. The summed E-state index contributed by atoms with van der Waals surface area (Å²) in [5.41, 5.74) is 7.12. The fourth-order valence-corrected chi connectivity index (χ4v) is 9.08. The number of carbonyl (C=O) groups is 1. The Morgan fingerprint density at radius 2 is 1.88 bits per heavy atom. The van der Waals surface area contributed by atoms with Gasteiger partial charge in [-0.05, 0) is 0 Å². The monoisotopic (exact) mass is 570 g/mol. The van der Waals surface area contributed by atoms with Crippen molar-refractivity contribution in [3.63, 3.8) is 0 Å². The number of hydrogen-bond acceptors (Lipinski definition) is 3. The number of carboxylic acid groups (broad SMARTS) is 1. The van der Waals surface area contributed by atoms with Crippen LogP contribution in [0.2, 0.25) is 0 Å². The summed E-state index contributed by atoms with van der Waals surface area (Å²) in [7, 11) is 0. The summed E-state index contributed by atoms with van der Waals surface area (Å²) >= 11 is -0.534. The maximum atomic E-state index is 10.7. The zero-order chi connectivity index (χ0) is 23.1. The van der Waals surface area contributed by atoms with E-state index in [1.54, 1.807) is 14.7 Å². The molecule has 0 atom stereocenters. The summed E-state index contributed by atoms with van der Waals surface area (Å²) < 4.78 is 3.01. The number of anilines is 1. The van der Waals surface area contributed by atoms with Crippen molar-refractivity contribution in [3.05, 3.63) is 52.9 Å². The van der Waals surface area contributed by atoms with Gasteiger partial charge in [0.1, 0.15) is 0 Å². The van der Waals surface area contributed by atoms with Crippen LogP contribution in [0.4, 0.5) is 5.69 Å². The molecule has 0 aromatic heterocycles. The molecule has 3 heterocycles. The van der Waals surface area contributed by atoms with Crippen LogP contribution >= 0.6 is 0 Å². The van der Waals surface area contributed by atoms with Gasteiger partial charge in [-0.3, -0.25) is 0 Å². The van der Waals surface area contributed by atoms with E-state index in [2.05, 4.69) is 46.3 Å². The normalized spacial score (nSPS) is 15.9. The van der Waals surface area contributed by atoms with Crippen LogP contribution in [0.3, 0.4) is 0 Å². The first-order chi connectivity index (χ1) is 16.7. The number of aliphatic carboxylic acids is 1. The number of aromatic nitrogens is 1. The van der Waals surface area contributed by atoms with E-state index < -0.39 is 26.4 Å². The topological polar surface area (TPSA) is 67.4 Å². The van der Waals surface area contributed by atoms with Crippen LogP contribution in [-0.2, 0) is 17.6 Å². The minimum atomic E-state index is -0.703. The predicted octanol–water partition coefficient (Wildman–Crippen LogP) is 2.87. The van der Waals surface area contributed by atoms with E-state index in [0.717, 1.165) is 25.8 Å². The van der Waals surface area contributed by atoms with Gasteiger partial charge in [0.25, 0.3) is 0 Å². The van der Waals surface area contributed by atoms with Crippen molar-refractivity contribution >= 4 is 51.8 Å². The molecule has 4 aliphatic rings. The number of benzene rings is 3. The Balaban J connectivity index is 1.47. The zero-order valence-corrected chi connectivity index (χ0v) is 21.7. The summed E-state index contributed by atoms with van der Waals surface area (Å²) in [5.74, 6) is -0.703. The molecular formula is C28H30N3O2Te+. The van der Waals surface area contributed by atoms with Gasteiger partial charge in [-0.1, -0.05) is 0 Å². The fourth-order valence-electron chi connectivity index (χ4n) is 5.72. The molecule has 1 aliphatic carbocycles. The summed E-state index contributed by atoms with van der Waals surface area (Å²) in [6, 6.07) is 13.4. The van der Waals surface area contributed by atoms with E-state index >= 15 is 0 Å². The van der Waals surface area contributed by atoms with Crippen molar-refractivity contribution in [2.75, 3.05) is 24.5 Å². The molecule has 2 N–H and O–H groups in total. The standard InChI is InChI=1S/C28H29N3O2Te/c32-25(33)12-2-1-5-13-29-22-17-24-26(20-10-4-3-9-19(20)22)30-23-16-18-8-6-14-31-15-7-11-21(27(18)31)28(23)34-24/h3-4,9-10,16-17H,1-2,5-8,11-15H2,(H,32,33)/p+1. The van der Waals surface area contributed by atoms with Gasteiger partial charge in [-0.25, -0.2) is 0 Å². The van der Waals surface area contributed by atoms with Crippen LogP contribution in [-0.4, -0.2) is 56.1 Å². The van der Waals surface area contributed by atoms with Crippen LogP contribution in [0.5, 0.6) is 0 Å². The first-order valence-electron chi connectivity index (χ1n) is 12.5. The molecule has 0 bridgehead atoms. The molecule has 6 heteroatoms. The van der Waals surface area contributed by atoms with Crippen LogP contribution < -0.4 is 15.2 Å². The second-order valence-electron chi connectivity index (χ2n) is 9.57. The second-order valence-corrected chi connectivity index (χ2v) is 12.6. The molecule has 3 aliphatic heterocycles. The number of nitrogens with one attached hydrogen (secondary N) is 1. The summed E-state index contributed by atoms with van der Waals surface area (Å²) in [5, 5.41) is 12.5. The molecule has 34 heavy (non-hydrogen) atoms. The zero-order valence-electron chi connectivity index (χ0n) is 19.4. The van der Waals surface area contributed by atoms with E-state index in [-0.39, 0.29) is 6.42 Å². The van der Waals surface area contributed by atoms with Crippen LogP contribution in [0.1, 0.15) is 49.7 Å². The molecule has 2 aromatic carbocycles. The Morgan fingerprint density at radius 1 is 1.06 bits per heavy atom. The fraction of sp³-hybridized carbons (Fsp3) is 0.393. The molecular weight excluding hydrogens is 538 g/mol. The number of unbranched alkanes of at least 4 members (excludes halogenated alkanes) is 2. The molecule has 0 amide bonds. The van der Waals surface area contributed by atoms with Gasteiger partial charge in [0.2, 0.25) is 0 Å². The Hall–Kier alpha value is -2.42. The molecule has 0 spiro atoms. The van der Waals surface area contributed by atoms with E-state index in [0.29, 0.717) is 0 Å². The summed E-state index contributed by atoms with van der Waals surface area (Å²) in [4.78, 5) is 22.4. The minimum absolute atomic E-state index is 0.261. The third-order valence-electron chi connectivity index (χ3n) is 7.26. The molecule has 2 aromatic rings. The first kappa shape index (κ1) is 22.1. The SMILES string of the molecule is O=C(O)CCCCC[NH+]=c1cc2[te]c3c4c5c(cc3nc-2c2ccccc12)CCCN5CCC4. The van der Waals surface area contributed by atoms with Crippen LogP contribution in [0.25, 0.3) is 29.0 Å². The molecule has 174 valence electrons. The van der Waals surface area contributed by atoms with Gasteiger partial charge in [-0.2, -0.15) is 0 Å². The predicted molar refractivity (Wildman–Crippen MR) is 137 cm³/mol. The van der Waals surface area contributed by atoms with Crippen LogP contribution in [0.15, 0.2) is 36.4 Å². The van der Waals surface area contributed by atoms with Crippen molar-refractivity contribution in [1.29, 1.82) is 0 Å². The number of nitrogens with zero attached hydrogens (tertiary/aromatic N) is 2. The number of rotatable bonds is 6. The van der Waals surface area contributed by atoms with E-state index in [1.807, 2.05) is 0 Å². The maximum absolute atomic E-state index is 10.7. The molecule has 0 saturated carbocycles. The van der Waals surface area contributed by atoms with Crippen molar-refractivity contribution in [2.24, 2.45) is 0 Å². The molecule has 0 saturated heterocycles. The quantitative estimate of drug-likeness (QED) is 0.163. The van der Waals surface area contributed by atoms with Crippen molar-refractivity contribution in [2.45, 2.75) is 51.4 Å². The molecule has 0 unspecified atom stereocenters. The number of aryl methyl sites for hydroxylation is 2. The Labute approximate surface area is 209 Å². The van der Waals surface area contributed by atoms with Crippen molar-refractivity contribution in [3.8, 4) is 9.27 Å². The third-order valence-corrected chi connectivity index (χ3v) is 10.7. The van der Waals surface area contributed by atoms with Crippen molar-refractivity contribution < 1.29 is 14.9 Å². The van der Waals surface area contributed by atoms with Gasteiger partial charge in [0.05, 0.1) is 0 Å². The first-order valence-corrected chi connectivity index (χ1v) is 14.9. The van der Waals surface area contributed by atoms with E-state index in [9.17, 15) is 4.79 Å². The van der Waals surface area contributed by atoms with Crippen LogP contribution in [0, 0.1) is 0 Å². The Morgan fingerprint density at radius 3 is 2.74 bits per heavy atom. The average Bonchev–Trinajstić information content (AvgIpc) is 2.85. The van der Waals surface area contributed by atoms with Gasteiger partial charge >= 0.3 is 210 Å². The van der Waals surface area contributed by atoms with Crippen molar-refractivity contribution in [1.82, 2.24) is 4.98 Å². The summed E-state index contributed by atoms with van der Waals surface area (Å²) in [6.07, 6.45) is 7.82. The Kier molecular flexibility index (Phi) is 6.05. The molecule has 0 fully saturated rings. The summed E-state index contributed by atoms with van der Waals surface area (Å²) in [6.45, 7) is 3.28. The van der Waals surface area contributed by atoms with Gasteiger partial charge < -0.3 is 0 Å². The Bertz CT molecular complexity index is 1440. The average molecular weight is 568 g/mol. The van der Waals surface area contributed by atoms with E-state index in [1.165, 1.54) is 75.3 Å². The number of fused-ring (bicyclic) bond motifs is 5. The molecule has 6 rings (SSSR count).